The van der Waals surface area contributed by atoms with E-state index in [4.69, 9.17) is 9.47 Å². The van der Waals surface area contributed by atoms with Crippen LogP contribution in [0.4, 0.5) is 4.79 Å². The summed E-state index contributed by atoms with van der Waals surface area (Å²) in [7, 11) is 0. The van der Waals surface area contributed by atoms with Gasteiger partial charge in [0.25, 0.3) is 0 Å². The van der Waals surface area contributed by atoms with E-state index in [0.717, 1.165) is 44.4 Å². The Morgan fingerprint density at radius 1 is 1.28 bits per heavy atom. The van der Waals surface area contributed by atoms with Crippen LogP contribution in [0.25, 0.3) is 0 Å². The van der Waals surface area contributed by atoms with Crippen LogP contribution in [-0.2, 0) is 4.74 Å². The van der Waals surface area contributed by atoms with Crippen molar-refractivity contribution < 1.29 is 14.3 Å². The van der Waals surface area contributed by atoms with Crippen LogP contribution in [0.3, 0.4) is 0 Å². The second-order valence-electron chi connectivity index (χ2n) is 7.35. The third-order valence-corrected chi connectivity index (χ3v) is 5.65. The van der Waals surface area contributed by atoms with Gasteiger partial charge in [0.05, 0.1) is 24.4 Å². The van der Waals surface area contributed by atoms with Crippen LogP contribution < -0.4 is 10.1 Å². The highest BCUT2D eigenvalue weighted by molar-refractivity contribution is 5.75. The summed E-state index contributed by atoms with van der Waals surface area (Å²) in [5.41, 5.74) is 0. The smallest absolute Gasteiger partial charge is 0.317 e. The van der Waals surface area contributed by atoms with Crippen molar-refractivity contribution in [2.75, 3.05) is 13.2 Å². The normalized spacial score (nSPS) is 29.4. The number of ether oxygens (including phenoxy) is 2. The Morgan fingerprint density at radius 3 is 2.96 bits per heavy atom. The second-order valence-corrected chi connectivity index (χ2v) is 7.35. The minimum atomic E-state index is 0.0966. The Labute approximate surface area is 148 Å². The van der Waals surface area contributed by atoms with Crippen molar-refractivity contribution in [3.8, 4) is 5.75 Å². The summed E-state index contributed by atoms with van der Waals surface area (Å²) in [6, 6.07) is 4.47. The molecule has 3 fully saturated rings. The van der Waals surface area contributed by atoms with Gasteiger partial charge in [-0.1, -0.05) is 12.8 Å². The fourth-order valence-corrected chi connectivity index (χ4v) is 4.32. The Bertz CT molecular complexity index is 577. The predicted molar refractivity (Wildman–Crippen MR) is 93.5 cm³/mol. The fourth-order valence-electron chi connectivity index (χ4n) is 4.32. The van der Waals surface area contributed by atoms with Gasteiger partial charge >= 0.3 is 6.03 Å². The Kier molecular flexibility index (Phi) is 5.06. The first kappa shape index (κ1) is 16.6. The number of carbonyl (C=O) groups excluding carboxylic acids is 1. The summed E-state index contributed by atoms with van der Waals surface area (Å²) in [4.78, 5) is 18.6. The van der Waals surface area contributed by atoms with E-state index in [2.05, 4.69) is 10.3 Å². The maximum Gasteiger partial charge on any atom is 0.317 e. The van der Waals surface area contributed by atoms with Gasteiger partial charge in [0.2, 0.25) is 0 Å². The average molecular weight is 345 g/mol. The number of likely N-dealkylation sites (tertiary alicyclic amines) is 1. The molecule has 6 heteroatoms. The molecule has 0 unspecified atom stereocenters. The molecule has 0 spiro atoms. The number of nitrogens with one attached hydrogen (secondary N) is 1. The monoisotopic (exact) mass is 345 g/mol. The summed E-state index contributed by atoms with van der Waals surface area (Å²) >= 11 is 0. The molecule has 0 aromatic carbocycles. The van der Waals surface area contributed by atoms with Crippen molar-refractivity contribution in [2.45, 2.75) is 69.2 Å². The van der Waals surface area contributed by atoms with Gasteiger partial charge < -0.3 is 19.7 Å². The topological polar surface area (TPSA) is 63.7 Å². The molecule has 2 saturated heterocycles. The summed E-state index contributed by atoms with van der Waals surface area (Å²) in [5.74, 6) is 0.775. The standard InChI is InChI=1S/C19H27N3O3/c23-19(21-14-4-1-2-5-14)22-11-9-18-17(22)8-7-16(25-18)13-24-15-6-3-10-20-12-15/h3,6,10,12,14,16-18H,1-2,4-5,7-9,11,13H2,(H,21,23)/t16-,17+,18+/m1/s1. The molecule has 0 bridgehead atoms. The van der Waals surface area contributed by atoms with E-state index in [1.165, 1.54) is 12.8 Å². The zero-order chi connectivity index (χ0) is 17.1. The van der Waals surface area contributed by atoms with E-state index in [0.29, 0.717) is 12.6 Å². The first-order valence-corrected chi connectivity index (χ1v) is 9.55. The van der Waals surface area contributed by atoms with Crippen LogP contribution in [0.5, 0.6) is 5.75 Å². The summed E-state index contributed by atoms with van der Waals surface area (Å²) in [6.07, 6.45) is 11.2. The maximum absolute atomic E-state index is 12.6. The van der Waals surface area contributed by atoms with Crippen LogP contribution in [0.2, 0.25) is 0 Å². The first-order chi connectivity index (χ1) is 12.3. The molecule has 1 saturated carbocycles. The summed E-state index contributed by atoms with van der Waals surface area (Å²) < 4.78 is 12.0. The minimum Gasteiger partial charge on any atom is -0.489 e. The molecule has 3 heterocycles. The zero-order valence-electron chi connectivity index (χ0n) is 14.6. The molecular formula is C19H27N3O3. The predicted octanol–water partition coefficient (Wildman–Crippen LogP) is 2.73. The van der Waals surface area contributed by atoms with Crippen molar-refractivity contribution in [3.63, 3.8) is 0 Å². The highest BCUT2D eigenvalue weighted by atomic mass is 16.5. The van der Waals surface area contributed by atoms with Crippen LogP contribution in [0.15, 0.2) is 24.5 Å². The Balaban J connectivity index is 1.26. The molecule has 2 aliphatic heterocycles. The number of rotatable bonds is 4. The molecule has 2 amide bonds. The van der Waals surface area contributed by atoms with Gasteiger partial charge in [-0.3, -0.25) is 4.98 Å². The number of aromatic nitrogens is 1. The Morgan fingerprint density at radius 2 is 2.16 bits per heavy atom. The lowest BCUT2D eigenvalue weighted by Gasteiger charge is -2.36. The highest BCUT2D eigenvalue weighted by Gasteiger charge is 2.42. The number of hydrogen-bond acceptors (Lipinski definition) is 4. The van der Waals surface area contributed by atoms with Crippen LogP contribution in [0, 0.1) is 0 Å². The molecule has 136 valence electrons. The van der Waals surface area contributed by atoms with Gasteiger partial charge in [-0.15, -0.1) is 0 Å². The van der Waals surface area contributed by atoms with E-state index in [1.807, 2.05) is 17.0 Å². The number of amides is 2. The lowest BCUT2D eigenvalue weighted by Crippen LogP contribution is -2.50. The van der Waals surface area contributed by atoms with Crippen molar-refractivity contribution in [2.24, 2.45) is 0 Å². The molecular weight excluding hydrogens is 318 g/mol. The molecule has 1 aliphatic carbocycles. The van der Waals surface area contributed by atoms with E-state index in [1.54, 1.807) is 12.4 Å². The van der Waals surface area contributed by atoms with Crippen molar-refractivity contribution >= 4 is 6.03 Å². The molecule has 0 radical (unpaired) electrons. The SMILES string of the molecule is O=C(NC1CCCC1)N1CC[C@@H]2O[C@@H](COc3cccnc3)CC[C@@H]21. The van der Waals surface area contributed by atoms with Gasteiger partial charge in [-0.25, -0.2) is 4.79 Å². The highest BCUT2D eigenvalue weighted by Crippen LogP contribution is 2.32. The average Bonchev–Trinajstić information content (AvgIpc) is 3.30. The fraction of sp³-hybridized carbons (Fsp3) is 0.684. The lowest BCUT2D eigenvalue weighted by molar-refractivity contribution is -0.0794. The minimum absolute atomic E-state index is 0.0966. The molecule has 1 aromatic rings. The number of pyridine rings is 1. The molecule has 25 heavy (non-hydrogen) atoms. The van der Waals surface area contributed by atoms with Crippen LogP contribution >= 0.6 is 0 Å². The number of fused-ring (bicyclic) bond motifs is 1. The zero-order valence-corrected chi connectivity index (χ0v) is 14.6. The number of nitrogens with zero attached hydrogens (tertiary/aromatic N) is 2. The summed E-state index contributed by atoms with van der Waals surface area (Å²) in [5, 5.41) is 3.21. The van der Waals surface area contributed by atoms with Crippen molar-refractivity contribution in [1.29, 1.82) is 0 Å². The van der Waals surface area contributed by atoms with Gasteiger partial charge in [-0.05, 0) is 44.2 Å². The number of carbonyl (C=O) groups is 1. The third-order valence-electron chi connectivity index (χ3n) is 5.65. The van der Waals surface area contributed by atoms with Crippen LogP contribution in [0.1, 0.15) is 44.9 Å². The quantitative estimate of drug-likeness (QED) is 0.911. The van der Waals surface area contributed by atoms with E-state index in [-0.39, 0.29) is 24.3 Å². The van der Waals surface area contributed by atoms with Crippen LogP contribution in [-0.4, -0.2) is 53.4 Å². The lowest BCUT2D eigenvalue weighted by atomic mass is 9.99. The van der Waals surface area contributed by atoms with Gasteiger partial charge in [0, 0.05) is 18.8 Å². The molecule has 1 aromatic heterocycles. The molecule has 3 atom stereocenters. The molecule has 1 N–H and O–H groups in total. The van der Waals surface area contributed by atoms with Crippen molar-refractivity contribution in [1.82, 2.24) is 15.2 Å². The first-order valence-electron chi connectivity index (χ1n) is 9.55. The second kappa shape index (κ2) is 7.60. The molecule has 3 aliphatic rings. The molecule has 6 nitrogen and oxygen atoms in total. The largest absolute Gasteiger partial charge is 0.489 e. The summed E-state index contributed by atoms with van der Waals surface area (Å²) in [6.45, 7) is 1.34. The number of urea groups is 1. The van der Waals surface area contributed by atoms with E-state index >= 15 is 0 Å². The van der Waals surface area contributed by atoms with E-state index in [9.17, 15) is 4.79 Å². The van der Waals surface area contributed by atoms with Gasteiger partial charge in [0.1, 0.15) is 12.4 Å². The third kappa shape index (κ3) is 3.89. The maximum atomic E-state index is 12.6. The Hall–Kier alpha value is -1.82. The number of hydrogen-bond donors (Lipinski definition) is 1. The van der Waals surface area contributed by atoms with Gasteiger partial charge in [0.15, 0.2) is 0 Å². The van der Waals surface area contributed by atoms with Gasteiger partial charge in [-0.2, -0.15) is 0 Å². The van der Waals surface area contributed by atoms with Crippen molar-refractivity contribution in [3.05, 3.63) is 24.5 Å². The molecule has 4 rings (SSSR count). The van der Waals surface area contributed by atoms with E-state index < -0.39 is 0 Å².